The average Bonchev–Trinajstić information content (AvgIpc) is 2.86. The van der Waals surface area contributed by atoms with Crippen LogP contribution in [0.3, 0.4) is 0 Å². The van der Waals surface area contributed by atoms with Crippen molar-refractivity contribution in [2.24, 2.45) is 0 Å². The van der Waals surface area contributed by atoms with Crippen LogP contribution in [0.4, 0.5) is 5.82 Å². The molecule has 1 amide bonds. The molecule has 6 heteroatoms. The Hall–Kier alpha value is -1.66. The van der Waals surface area contributed by atoms with E-state index in [2.05, 4.69) is 20.5 Å². The molecule has 0 radical (unpaired) electrons. The zero-order valence-electron chi connectivity index (χ0n) is 20.8. The molecule has 1 fully saturated rings. The van der Waals surface area contributed by atoms with E-state index in [1.54, 1.807) is 6.20 Å². The number of aliphatic hydroxyl groups excluding tert-OH is 1. The fourth-order valence-electron chi connectivity index (χ4n) is 4.44. The van der Waals surface area contributed by atoms with Crippen molar-refractivity contribution in [3.05, 3.63) is 23.9 Å². The van der Waals surface area contributed by atoms with E-state index in [-0.39, 0.29) is 5.91 Å². The summed E-state index contributed by atoms with van der Waals surface area (Å²) >= 11 is 0. The smallest absolute Gasteiger partial charge is 0.252 e. The lowest BCUT2D eigenvalue weighted by atomic mass is 10.0. The lowest BCUT2D eigenvalue weighted by Crippen LogP contribution is -2.43. The maximum absolute atomic E-state index is 12.3. The summed E-state index contributed by atoms with van der Waals surface area (Å²) in [5.41, 5.74) is 0.649. The summed E-state index contributed by atoms with van der Waals surface area (Å²) in [5.74, 6) is 0.942. The first-order valence-electron chi connectivity index (χ1n) is 13.6. The summed E-state index contributed by atoms with van der Waals surface area (Å²) in [6.45, 7) is 4.99. The van der Waals surface area contributed by atoms with Crippen LogP contribution in [0.5, 0.6) is 0 Å². The molecule has 0 unspecified atom stereocenters. The fraction of sp³-hybridized carbons (Fsp3) is 0.778. The first-order valence-corrected chi connectivity index (χ1v) is 13.6. The third kappa shape index (κ3) is 13.0. The third-order valence-electron chi connectivity index (χ3n) is 6.57. The van der Waals surface area contributed by atoms with Gasteiger partial charge in [0, 0.05) is 45.5 Å². The zero-order valence-corrected chi connectivity index (χ0v) is 20.8. The van der Waals surface area contributed by atoms with E-state index in [4.69, 9.17) is 5.11 Å². The maximum Gasteiger partial charge on any atom is 0.252 e. The van der Waals surface area contributed by atoms with Crippen molar-refractivity contribution in [2.45, 2.75) is 96.3 Å². The molecule has 1 aromatic heterocycles. The molecule has 0 bridgehead atoms. The van der Waals surface area contributed by atoms with Gasteiger partial charge in [-0.1, -0.05) is 83.5 Å². The molecule has 0 aliphatic carbocycles. The van der Waals surface area contributed by atoms with Crippen LogP contribution in [-0.4, -0.2) is 55.3 Å². The van der Waals surface area contributed by atoms with Gasteiger partial charge in [0.25, 0.3) is 5.91 Å². The van der Waals surface area contributed by atoms with Crippen molar-refractivity contribution in [1.82, 2.24) is 15.6 Å². The molecular weight excluding hydrogens is 412 g/mol. The van der Waals surface area contributed by atoms with Gasteiger partial charge in [-0.15, -0.1) is 0 Å². The Labute approximate surface area is 201 Å². The quantitative estimate of drug-likeness (QED) is 0.251. The van der Waals surface area contributed by atoms with Gasteiger partial charge in [-0.2, -0.15) is 0 Å². The largest absolute Gasteiger partial charge is 0.396 e. The van der Waals surface area contributed by atoms with E-state index < -0.39 is 0 Å². The normalized spacial score (nSPS) is 13.9. The minimum atomic E-state index is -0.0143. The first kappa shape index (κ1) is 27.6. The second kappa shape index (κ2) is 18.7. The van der Waals surface area contributed by atoms with Crippen LogP contribution in [0.25, 0.3) is 0 Å². The number of nitrogens with zero attached hydrogens (tertiary/aromatic N) is 2. The molecule has 1 aromatic rings. The van der Waals surface area contributed by atoms with Crippen LogP contribution in [0.2, 0.25) is 0 Å². The van der Waals surface area contributed by atoms with Gasteiger partial charge in [-0.3, -0.25) is 4.79 Å². The van der Waals surface area contributed by atoms with Gasteiger partial charge in [0.15, 0.2) is 0 Å². The van der Waals surface area contributed by atoms with Gasteiger partial charge in [-0.25, -0.2) is 4.98 Å². The minimum Gasteiger partial charge on any atom is -0.396 e. The molecule has 0 aromatic carbocycles. The van der Waals surface area contributed by atoms with Gasteiger partial charge >= 0.3 is 0 Å². The number of aliphatic hydroxyl groups is 1. The molecule has 33 heavy (non-hydrogen) atoms. The number of piperazine rings is 1. The molecule has 1 saturated heterocycles. The number of carbonyl (C=O) groups excluding carboxylic acids is 1. The van der Waals surface area contributed by atoms with E-state index in [0.717, 1.165) is 51.4 Å². The first-order chi connectivity index (χ1) is 16.3. The van der Waals surface area contributed by atoms with Crippen molar-refractivity contribution in [3.8, 4) is 0 Å². The summed E-state index contributed by atoms with van der Waals surface area (Å²) < 4.78 is 0. The highest BCUT2D eigenvalue weighted by Crippen LogP contribution is 2.14. The van der Waals surface area contributed by atoms with E-state index in [1.807, 2.05) is 12.1 Å². The average molecular weight is 461 g/mol. The van der Waals surface area contributed by atoms with Gasteiger partial charge < -0.3 is 20.6 Å². The number of pyridine rings is 1. The molecule has 1 aliphatic heterocycles. The Morgan fingerprint density at radius 1 is 0.818 bits per heavy atom. The number of nitrogens with one attached hydrogen (secondary N) is 2. The summed E-state index contributed by atoms with van der Waals surface area (Å²) in [4.78, 5) is 19.0. The minimum absolute atomic E-state index is 0.0143. The molecule has 0 spiro atoms. The van der Waals surface area contributed by atoms with E-state index >= 15 is 0 Å². The monoisotopic (exact) mass is 460 g/mol. The van der Waals surface area contributed by atoms with Crippen molar-refractivity contribution < 1.29 is 9.90 Å². The zero-order chi connectivity index (χ0) is 23.4. The van der Waals surface area contributed by atoms with Crippen molar-refractivity contribution >= 4 is 11.7 Å². The SMILES string of the molecule is O=C(NCCCCCCCCCCCCCCCCCO)c1ccc(N2CCNCC2)nc1. The number of anilines is 1. The second-order valence-corrected chi connectivity index (χ2v) is 9.42. The predicted octanol–water partition coefficient (Wildman–Crippen LogP) is 5.06. The van der Waals surface area contributed by atoms with Gasteiger partial charge in [0.2, 0.25) is 0 Å². The molecule has 6 nitrogen and oxygen atoms in total. The molecule has 3 N–H and O–H groups in total. The number of unbranched alkanes of at least 4 members (excludes halogenated alkanes) is 14. The molecule has 2 rings (SSSR count). The third-order valence-corrected chi connectivity index (χ3v) is 6.57. The van der Waals surface area contributed by atoms with Crippen molar-refractivity contribution in [2.75, 3.05) is 44.2 Å². The Kier molecular flexibility index (Phi) is 15.7. The number of hydrogen-bond acceptors (Lipinski definition) is 5. The lowest BCUT2D eigenvalue weighted by Gasteiger charge is -2.28. The Morgan fingerprint density at radius 2 is 1.33 bits per heavy atom. The van der Waals surface area contributed by atoms with E-state index in [9.17, 15) is 4.79 Å². The molecular formula is C27H48N4O2. The molecule has 188 valence electrons. The summed E-state index contributed by atoms with van der Waals surface area (Å²) in [5, 5.41) is 15.1. The highest BCUT2D eigenvalue weighted by atomic mass is 16.2. The molecule has 1 aliphatic rings. The fourth-order valence-corrected chi connectivity index (χ4v) is 4.44. The standard InChI is InChI=1S/C27H48N4O2/c32-23-15-13-11-9-7-5-3-1-2-4-6-8-10-12-14-18-29-27(33)25-16-17-26(30-24-25)31-21-19-28-20-22-31/h16-17,24,28,32H,1-15,18-23H2,(H,29,33). The van der Waals surface area contributed by atoms with Gasteiger partial charge in [-0.05, 0) is 25.0 Å². The molecule has 0 saturated carbocycles. The van der Waals surface area contributed by atoms with Crippen LogP contribution in [0, 0.1) is 0 Å². The number of hydrogen-bond donors (Lipinski definition) is 3. The van der Waals surface area contributed by atoms with Crippen LogP contribution in [0.1, 0.15) is 107 Å². The summed E-state index contributed by atoms with van der Waals surface area (Å²) in [7, 11) is 0. The Balaban J connectivity index is 1.36. The van der Waals surface area contributed by atoms with Crippen molar-refractivity contribution in [3.63, 3.8) is 0 Å². The number of carbonyl (C=O) groups is 1. The highest BCUT2D eigenvalue weighted by molar-refractivity contribution is 5.94. The number of rotatable bonds is 19. The van der Waals surface area contributed by atoms with Crippen LogP contribution < -0.4 is 15.5 Å². The summed E-state index contributed by atoms with van der Waals surface area (Å²) in [6.07, 6.45) is 20.9. The van der Waals surface area contributed by atoms with Gasteiger partial charge in [0.1, 0.15) is 5.82 Å². The van der Waals surface area contributed by atoms with E-state index in [1.165, 1.54) is 83.5 Å². The van der Waals surface area contributed by atoms with Crippen LogP contribution in [-0.2, 0) is 0 Å². The van der Waals surface area contributed by atoms with Gasteiger partial charge in [0.05, 0.1) is 5.56 Å². The maximum atomic E-state index is 12.3. The number of aromatic nitrogens is 1. The molecule has 2 heterocycles. The highest BCUT2D eigenvalue weighted by Gasteiger charge is 2.12. The molecule has 0 atom stereocenters. The second-order valence-electron chi connectivity index (χ2n) is 9.42. The van der Waals surface area contributed by atoms with Crippen LogP contribution in [0.15, 0.2) is 18.3 Å². The van der Waals surface area contributed by atoms with Crippen molar-refractivity contribution in [1.29, 1.82) is 0 Å². The lowest BCUT2D eigenvalue weighted by molar-refractivity contribution is 0.0952. The predicted molar refractivity (Wildman–Crippen MR) is 138 cm³/mol. The summed E-state index contributed by atoms with van der Waals surface area (Å²) in [6, 6.07) is 3.85. The number of amides is 1. The van der Waals surface area contributed by atoms with E-state index in [0.29, 0.717) is 12.2 Å². The Morgan fingerprint density at radius 3 is 1.82 bits per heavy atom. The topological polar surface area (TPSA) is 77.5 Å². The Bertz CT molecular complexity index is 603. The van der Waals surface area contributed by atoms with Crippen LogP contribution >= 0.6 is 0 Å².